The smallest absolute Gasteiger partial charge is 0.321 e. The summed E-state index contributed by atoms with van der Waals surface area (Å²) in [5, 5.41) is 5.92. The molecule has 0 saturated heterocycles. The van der Waals surface area contributed by atoms with Crippen LogP contribution >= 0.6 is 11.3 Å². The van der Waals surface area contributed by atoms with Crippen molar-refractivity contribution in [3.05, 3.63) is 76.0 Å². The van der Waals surface area contributed by atoms with Crippen LogP contribution in [-0.2, 0) is 16.3 Å². The minimum Gasteiger partial charge on any atom is -0.331 e. The lowest BCUT2D eigenvalue weighted by molar-refractivity contribution is 0.249. The Balaban J connectivity index is 1.57. The van der Waals surface area contributed by atoms with Gasteiger partial charge in [-0.2, -0.15) is 0 Å². The highest BCUT2D eigenvalue weighted by molar-refractivity contribution is 7.90. The number of sulfone groups is 1. The molecule has 0 bridgehead atoms. The molecule has 0 fully saturated rings. The summed E-state index contributed by atoms with van der Waals surface area (Å²) in [6, 6.07) is 10.7. The number of carbonyl (C=O) groups is 1. The van der Waals surface area contributed by atoms with Gasteiger partial charge in [0.1, 0.15) is 5.82 Å². The number of amides is 2. The van der Waals surface area contributed by atoms with Crippen molar-refractivity contribution in [2.45, 2.75) is 31.2 Å². The molecule has 2 aromatic carbocycles. The van der Waals surface area contributed by atoms with Crippen LogP contribution in [0, 0.1) is 12.7 Å². The number of rotatable bonds is 6. The van der Waals surface area contributed by atoms with Gasteiger partial charge in [-0.3, -0.25) is 5.32 Å². The SMILES string of the molecule is Cc1ccc(Cc2cnc(NC(=O)NC(C)c3ccc(S(C)(=O)=O)cc3)s2)cc1F. The molecule has 2 amide bonds. The van der Waals surface area contributed by atoms with Crippen molar-refractivity contribution in [2.24, 2.45) is 0 Å². The minimum absolute atomic E-state index is 0.228. The van der Waals surface area contributed by atoms with E-state index in [1.807, 2.05) is 6.07 Å². The highest BCUT2D eigenvalue weighted by Crippen LogP contribution is 2.22. The summed E-state index contributed by atoms with van der Waals surface area (Å²) >= 11 is 1.32. The number of aryl methyl sites for hydroxylation is 1. The van der Waals surface area contributed by atoms with E-state index in [1.165, 1.54) is 29.5 Å². The van der Waals surface area contributed by atoms with Gasteiger partial charge >= 0.3 is 6.03 Å². The molecule has 1 unspecified atom stereocenters. The summed E-state index contributed by atoms with van der Waals surface area (Å²) in [5.41, 5.74) is 2.21. The second-order valence-corrected chi connectivity index (χ2v) is 10.2. The van der Waals surface area contributed by atoms with Gasteiger partial charge in [-0.1, -0.05) is 24.3 Å². The van der Waals surface area contributed by atoms with Crippen LogP contribution in [-0.4, -0.2) is 25.7 Å². The lowest BCUT2D eigenvalue weighted by atomic mass is 10.1. The third-order valence-electron chi connectivity index (χ3n) is 4.54. The molecule has 3 aromatic rings. The van der Waals surface area contributed by atoms with Crippen molar-refractivity contribution in [1.82, 2.24) is 10.3 Å². The van der Waals surface area contributed by atoms with Gasteiger partial charge in [-0.15, -0.1) is 11.3 Å². The monoisotopic (exact) mass is 447 g/mol. The summed E-state index contributed by atoms with van der Waals surface area (Å²) in [6.07, 6.45) is 3.33. The average Bonchev–Trinajstić information content (AvgIpc) is 3.10. The maximum absolute atomic E-state index is 13.7. The van der Waals surface area contributed by atoms with Crippen LogP contribution in [0.1, 0.15) is 34.5 Å². The fraction of sp³-hybridized carbons (Fsp3) is 0.238. The number of aromatic nitrogens is 1. The van der Waals surface area contributed by atoms with Gasteiger partial charge < -0.3 is 5.32 Å². The highest BCUT2D eigenvalue weighted by Gasteiger charge is 2.13. The molecular formula is C21H22FN3O3S2. The maximum Gasteiger partial charge on any atom is 0.321 e. The Morgan fingerprint density at radius 3 is 2.53 bits per heavy atom. The van der Waals surface area contributed by atoms with Crippen molar-refractivity contribution in [2.75, 3.05) is 11.6 Å². The molecule has 0 spiro atoms. The van der Waals surface area contributed by atoms with E-state index in [0.717, 1.165) is 22.3 Å². The number of thiazole rings is 1. The van der Waals surface area contributed by atoms with E-state index in [1.54, 1.807) is 38.2 Å². The first-order chi connectivity index (χ1) is 14.1. The van der Waals surface area contributed by atoms with E-state index in [-0.39, 0.29) is 16.8 Å². The Hall–Kier alpha value is -2.78. The number of hydrogen-bond acceptors (Lipinski definition) is 5. The van der Waals surface area contributed by atoms with Crippen LogP contribution in [0.25, 0.3) is 0 Å². The Morgan fingerprint density at radius 1 is 1.20 bits per heavy atom. The van der Waals surface area contributed by atoms with Crippen LogP contribution in [0.2, 0.25) is 0 Å². The third-order valence-corrected chi connectivity index (χ3v) is 6.59. The number of urea groups is 1. The molecule has 0 saturated carbocycles. The van der Waals surface area contributed by atoms with Gasteiger partial charge in [0.2, 0.25) is 0 Å². The molecule has 0 aliphatic rings. The number of carbonyl (C=O) groups excluding carboxylic acids is 1. The second-order valence-electron chi connectivity index (χ2n) is 7.05. The molecule has 1 atom stereocenters. The van der Waals surface area contributed by atoms with Crippen molar-refractivity contribution in [3.8, 4) is 0 Å². The van der Waals surface area contributed by atoms with Crippen LogP contribution < -0.4 is 10.6 Å². The zero-order chi connectivity index (χ0) is 21.9. The first-order valence-electron chi connectivity index (χ1n) is 9.19. The van der Waals surface area contributed by atoms with Crippen molar-refractivity contribution < 1.29 is 17.6 Å². The predicted octanol–water partition coefficient (Wildman–Crippen LogP) is 4.47. The number of benzene rings is 2. The predicted molar refractivity (Wildman–Crippen MR) is 116 cm³/mol. The molecule has 158 valence electrons. The van der Waals surface area contributed by atoms with Crippen LogP contribution in [0.15, 0.2) is 53.6 Å². The Labute approximate surface area is 179 Å². The molecule has 6 nitrogen and oxygen atoms in total. The molecule has 2 N–H and O–H groups in total. The van der Waals surface area contributed by atoms with E-state index < -0.39 is 15.9 Å². The van der Waals surface area contributed by atoms with Crippen LogP contribution in [0.5, 0.6) is 0 Å². The first kappa shape index (κ1) is 21.9. The minimum atomic E-state index is -3.26. The molecule has 0 aliphatic heterocycles. The first-order valence-corrected chi connectivity index (χ1v) is 11.9. The zero-order valence-electron chi connectivity index (χ0n) is 16.8. The van der Waals surface area contributed by atoms with E-state index in [9.17, 15) is 17.6 Å². The zero-order valence-corrected chi connectivity index (χ0v) is 18.4. The number of halogens is 1. The summed E-state index contributed by atoms with van der Waals surface area (Å²) in [5.74, 6) is -0.242. The molecule has 30 heavy (non-hydrogen) atoms. The number of nitrogens with one attached hydrogen (secondary N) is 2. The van der Waals surface area contributed by atoms with Crippen molar-refractivity contribution >= 4 is 32.3 Å². The quantitative estimate of drug-likeness (QED) is 0.584. The maximum atomic E-state index is 13.7. The highest BCUT2D eigenvalue weighted by atomic mass is 32.2. The molecule has 1 aromatic heterocycles. The van der Waals surface area contributed by atoms with E-state index in [0.29, 0.717) is 17.1 Å². The van der Waals surface area contributed by atoms with Gasteiger partial charge in [0.05, 0.1) is 10.9 Å². The molecule has 0 radical (unpaired) electrons. The van der Waals surface area contributed by atoms with Crippen molar-refractivity contribution in [1.29, 1.82) is 0 Å². The summed E-state index contributed by atoms with van der Waals surface area (Å²) < 4.78 is 36.8. The summed E-state index contributed by atoms with van der Waals surface area (Å²) in [7, 11) is -3.26. The molecular weight excluding hydrogens is 425 g/mol. The topological polar surface area (TPSA) is 88.2 Å². The Kier molecular flexibility index (Phi) is 6.52. The van der Waals surface area contributed by atoms with E-state index in [4.69, 9.17) is 0 Å². The number of nitrogens with zero attached hydrogens (tertiary/aromatic N) is 1. The molecule has 0 aliphatic carbocycles. The Morgan fingerprint density at radius 2 is 1.90 bits per heavy atom. The van der Waals surface area contributed by atoms with Crippen molar-refractivity contribution in [3.63, 3.8) is 0 Å². The number of hydrogen-bond donors (Lipinski definition) is 2. The fourth-order valence-corrected chi connectivity index (χ4v) is 4.28. The lowest BCUT2D eigenvalue weighted by Gasteiger charge is -2.14. The van der Waals surface area contributed by atoms with Gasteiger partial charge in [0.15, 0.2) is 15.0 Å². The van der Waals surface area contributed by atoms with E-state index >= 15 is 0 Å². The van der Waals surface area contributed by atoms with Crippen LogP contribution in [0.4, 0.5) is 14.3 Å². The normalized spacial score (nSPS) is 12.4. The largest absolute Gasteiger partial charge is 0.331 e. The third kappa shape index (κ3) is 5.64. The van der Waals surface area contributed by atoms with Crippen LogP contribution in [0.3, 0.4) is 0 Å². The van der Waals surface area contributed by atoms with E-state index in [2.05, 4.69) is 15.6 Å². The standard InChI is InChI=1S/C21H22FN3O3S2/c1-13-4-5-15(11-19(13)22)10-17-12-23-21(29-17)25-20(26)24-14(2)16-6-8-18(9-7-16)30(3,27)28/h4-9,11-12,14H,10H2,1-3H3,(H2,23,24,25,26). The molecule has 1 heterocycles. The number of anilines is 1. The van der Waals surface area contributed by atoms with Gasteiger partial charge in [0, 0.05) is 23.8 Å². The second kappa shape index (κ2) is 8.93. The van der Waals surface area contributed by atoms with Gasteiger partial charge in [-0.25, -0.2) is 22.6 Å². The lowest BCUT2D eigenvalue weighted by Crippen LogP contribution is -2.31. The fourth-order valence-electron chi connectivity index (χ4n) is 2.81. The molecule has 3 rings (SSSR count). The summed E-state index contributed by atoms with van der Waals surface area (Å²) in [6.45, 7) is 3.52. The average molecular weight is 448 g/mol. The van der Waals surface area contributed by atoms with Gasteiger partial charge in [0.25, 0.3) is 0 Å². The summed E-state index contributed by atoms with van der Waals surface area (Å²) in [4.78, 5) is 17.6. The van der Waals surface area contributed by atoms with Gasteiger partial charge in [-0.05, 0) is 48.7 Å². The Bertz CT molecular complexity index is 1160. The molecule has 9 heteroatoms.